The van der Waals surface area contributed by atoms with Gasteiger partial charge in [-0.15, -0.1) is 0 Å². The maximum atomic E-state index is 2.48. The zero-order valence-electron chi connectivity index (χ0n) is 21.0. The fraction of sp³-hybridized carbons (Fsp3) is 0.111. The van der Waals surface area contributed by atoms with Gasteiger partial charge in [-0.25, -0.2) is 0 Å². The van der Waals surface area contributed by atoms with E-state index < -0.39 is 0 Å². The molecule has 0 aromatic heterocycles. The molecule has 0 radical (unpaired) electrons. The van der Waals surface area contributed by atoms with Gasteiger partial charge in [-0.1, -0.05) is 115 Å². The summed E-state index contributed by atoms with van der Waals surface area (Å²) in [7, 11) is 0. The molecule has 0 unspecified atom stereocenters. The average molecular weight is 461 g/mol. The van der Waals surface area contributed by atoms with Gasteiger partial charge in [0.05, 0.1) is 5.41 Å². The molecule has 0 fully saturated rings. The number of benzene rings is 6. The van der Waals surface area contributed by atoms with E-state index >= 15 is 0 Å². The number of aryl methyl sites for hydroxylation is 3. The highest BCUT2D eigenvalue weighted by atomic mass is 14.5. The molecule has 6 aromatic carbocycles. The lowest BCUT2D eigenvalue weighted by Crippen LogP contribution is -2.30. The maximum Gasteiger partial charge on any atom is 0.0719 e. The summed E-state index contributed by atoms with van der Waals surface area (Å²) in [5.41, 5.74) is 11.9. The van der Waals surface area contributed by atoms with E-state index in [4.69, 9.17) is 0 Å². The second-order valence-electron chi connectivity index (χ2n) is 10.3. The van der Waals surface area contributed by atoms with Crippen LogP contribution in [0.3, 0.4) is 0 Å². The minimum absolute atomic E-state index is 0.389. The standard InChI is InChI=1S/C36H28/c1-23-12-4-10-18-30(23)36(31-19-11-5-13-24(31)2)32-21-20-26-14-6-7-16-28(26)34(32)35-29-17-9-8-15-27(29)25(3)22-33(35)36/h4-22H,1-3H3. The lowest BCUT2D eigenvalue weighted by Gasteiger charge is -2.36. The normalized spacial score (nSPS) is 13.6. The minimum Gasteiger partial charge on any atom is -0.0620 e. The van der Waals surface area contributed by atoms with Gasteiger partial charge < -0.3 is 0 Å². The van der Waals surface area contributed by atoms with Crippen molar-refractivity contribution in [1.82, 2.24) is 0 Å². The molecular weight excluding hydrogens is 432 g/mol. The number of hydrogen-bond donors (Lipinski definition) is 0. The first-order valence-corrected chi connectivity index (χ1v) is 12.8. The fourth-order valence-corrected chi connectivity index (χ4v) is 6.83. The van der Waals surface area contributed by atoms with E-state index in [1.54, 1.807) is 0 Å². The molecule has 0 spiro atoms. The summed E-state index contributed by atoms with van der Waals surface area (Å²) < 4.78 is 0. The van der Waals surface area contributed by atoms with Crippen molar-refractivity contribution in [3.05, 3.63) is 154 Å². The summed E-state index contributed by atoms with van der Waals surface area (Å²) in [5.74, 6) is 0. The second-order valence-corrected chi connectivity index (χ2v) is 10.3. The molecule has 0 amide bonds. The molecule has 0 saturated carbocycles. The molecule has 0 nitrogen and oxygen atoms in total. The molecule has 1 aliphatic rings. The summed E-state index contributed by atoms with van der Waals surface area (Å²) in [6, 6.07) is 43.0. The fourth-order valence-electron chi connectivity index (χ4n) is 6.83. The zero-order chi connectivity index (χ0) is 24.4. The Bertz CT molecular complexity index is 1770. The SMILES string of the molecule is Cc1ccccc1C1(c2ccccc2C)c2ccc3ccccc3c2-c2c1cc(C)c1ccccc21. The summed E-state index contributed by atoms with van der Waals surface area (Å²) in [4.78, 5) is 0. The highest BCUT2D eigenvalue weighted by Gasteiger charge is 2.48. The first-order valence-electron chi connectivity index (χ1n) is 12.8. The largest absolute Gasteiger partial charge is 0.0719 e. The zero-order valence-corrected chi connectivity index (χ0v) is 21.0. The van der Waals surface area contributed by atoms with Crippen molar-refractivity contribution < 1.29 is 0 Å². The Morgan fingerprint density at radius 3 is 1.58 bits per heavy atom. The molecule has 0 atom stereocenters. The Hall–Kier alpha value is -4.16. The smallest absolute Gasteiger partial charge is 0.0620 e. The van der Waals surface area contributed by atoms with Gasteiger partial charge in [0.2, 0.25) is 0 Å². The van der Waals surface area contributed by atoms with Gasteiger partial charge in [0.15, 0.2) is 0 Å². The van der Waals surface area contributed by atoms with Crippen molar-refractivity contribution >= 4 is 21.5 Å². The van der Waals surface area contributed by atoms with Crippen molar-refractivity contribution in [3.8, 4) is 11.1 Å². The van der Waals surface area contributed by atoms with E-state index in [0.717, 1.165) is 0 Å². The third-order valence-corrected chi connectivity index (χ3v) is 8.34. The first-order chi connectivity index (χ1) is 17.6. The molecule has 172 valence electrons. The van der Waals surface area contributed by atoms with Crippen molar-refractivity contribution in [1.29, 1.82) is 0 Å². The van der Waals surface area contributed by atoms with Gasteiger partial charge >= 0.3 is 0 Å². The van der Waals surface area contributed by atoms with Gasteiger partial charge in [-0.3, -0.25) is 0 Å². The molecule has 6 aromatic rings. The molecule has 7 rings (SSSR count). The first kappa shape index (κ1) is 21.1. The number of hydrogen-bond acceptors (Lipinski definition) is 0. The molecule has 0 bridgehead atoms. The van der Waals surface area contributed by atoms with E-state index in [1.807, 2.05) is 0 Å². The topological polar surface area (TPSA) is 0 Å². The van der Waals surface area contributed by atoms with Crippen LogP contribution >= 0.6 is 0 Å². The Morgan fingerprint density at radius 2 is 0.917 bits per heavy atom. The van der Waals surface area contributed by atoms with Crippen LogP contribution in [0.5, 0.6) is 0 Å². The summed E-state index contributed by atoms with van der Waals surface area (Å²) in [6.07, 6.45) is 0. The lowest BCUT2D eigenvalue weighted by atomic mass is 9.65. The minimum atomic E-state index is -0.389. The van der Waals surface area contributed by atoms with Crippen LogP contribution in [0.4, 0.5) is 0 Å². The van der Waals surface area contributed by atoms with E-state index in [1.165, 1.54) is 71.6 Å². The Morgan fingerprint density at radius 1 is 0.389 bits per heavy atom. The highest BCUT2D eigenvalue weighted by molar-refractivity contribution is 6.12. The molecule has 0 aliphatic heterocycles. The molecule has 0 saturated heterocycles. The predicted octanol–water partition coefficient (Wildman–Crippen LogP) is 9.28. The summed E-state index contributed by atoms with van der Waals surface area (Å²) in [5, 5.41) is 5.29. The van der Waals surface area contributed by atoms with Gasteiger partial charge in [-0.2, -0.15) is 0 Å². The van der Waals surface area contributed by atoms with Crippen LogP contribution in [-0.2, 0) is 5.41 Å². The van der Waals surface area contributed by atoms with Crippen LogP contribution in [0.2, 0.25) is 0 Å². The van der Waals surface area contributed by atoms with Gasteiger partial charge in [0.25, 0.3) is 0 Å². The van der Waals surface area contributed by atoms with E-state index in [-0.39, 0.29) is 5.41 Å². The number of fused-ring (bicyclic) bond motifs is 7. The molecular formula is C36H28. The van der Waals surface area contributed by atoms with E-state index in [9.17, 15) is 0 Å². The van der Waals surface area contributed by atoms with Crippen LogP contribution in [0.25, 0.3) is 32.7 Å². The van der Waals surface area contributed by atoms with E-state index in [0.29, 0.717) is 0 Å². The predicted molar refractivity (Wildman–Crippen MR) is 153 cm³/mol. The van der Waals surface area contributed by atoms with Crippen molar-refractivity contribution in [3.63, 3.8) is 0 Å². The monoisotopic (exact) mass is 460 g/mol. The van der Waals surface area contributed by atoms with Crippen molar-refractivity contribution in [2.24, 2.45) is 0 Å². The van der Waals surface area contributed by atoms with Gasteiger partial charge in [0, 0.05) is 0 Å². The van der Waals surface area contributed by atoms with Crippen LogP contribution in [0.15, 0.2) is 115 Å². The van der Waals surface area contributed by atoms with Crippen LogP contribution in [-0.4, -0.2) is 0 Å². The quantitative estimate of drug-likeness (QED) is 0.241. The van der Waals surface area contributed by atoms with Crippen LogP contribution in [0.1, 0.15) is 38.9 Å². The Kier molecular flexibility index (Phi) is 4.51. The van der Waals surface area contributed by atoms with Crippen LogP contribution < -0.4 is 0 Å². The van der Waals surface area contributed by atoms with E-state index in [2.05, 4.69) is 136 Å². The third kappa shape index (κ3) is 2.65. The van der Waals surface area contributed by atoms with Gasteiger partial charge in [0.1, 0.15) is 0 Å². The van der Waals surface area contributed by atoms with Crippen LogP contribution in [0, 0.1) is 20.8 Å². The average Bonchev–Trinajstić information content (AvgIpc) is 3.20. The molecule has 36 heavy (non-hydrogen) atoms. The third-order valence-electron chi connectivity index (χ3n) is 8.34. The number of rotatable bonds is 2. The summed E-state index contributed by atoms with van der Waals surface area (Å²) >= 11 is 0. The molecule has 1 aliphatic carbocycles. The molecule has 0 N–H and O–H groups in total. The molecule has 0 heteroatoms. The van der Waals surface area contributed by atoms with Gasteiger partial charge in [-0.05, 0) is 92.4 Å². The Labute approximate surface area is 212 Å². The van der Waals surface area contributed by atoms with Crippen molar-refractivity contribution in [2.75, 3.05) is 0 Å². The summed E-state index contributed by atoms with van der Waals surface area (Å²) in [6.45, 7) is 6.80. The highest BCUT2D eigenvalue weighted by Crippen LogP contribution is 2.60. The maximum absolute atomic E-state index is 2.48. The second kappa shape index (κ2) is 7.67. The van der Waals surface area contributed by atoms with Crippen molar-refractivity contribution in [2.45, 2.75) is 26.2 Å². The Balaban J connectivity index is 1.81. The lowest BCUT2D eigenvalue weighted by molar-refractivity contribution is 0.754. The molecule has 0 heterocycles.